The molecule has 0 fully saturated rings. The van der Waals surface area contributed by atoms with Crippen molar-refractivity contribution < 1.29 is 41.0 Å². The molecule has 1 unspecified atom stereocenters. The summed E-state index contributed by atoms with van der Waals surface area (Å²) in [6.07, 6.45) is -3.25. The second-order valence-electron chi connectivity index (χ2n) is 11.6. The fourth-order valence-corrected chi connectivity index (χ4v) is 6.14. The van der Waals surface area contributed by atoms with Crippen molar-refractivity contribution in [3.63, 3.8) is 0 Å². The average Bonchev–Trinajstić information content (AvgIpc) is 3.32. The van der Waals surface area contributed by atoms with Crippen molar-refractivity contribution in [1.29, 1.82) is 0 Å². The zero-order valence-electron chi connectivity index (χ0n) is 24.4. The van der Waals surface area contributed by atoms with E-state index in [2.05, 4.69) is 10.1 Å². The summed E-state index contributed by atoms with van der Waals surface area (Å²) < 4.78 is 85.1. The van der Waals surface area contributed by atoms with E-state index in [0.29, 0.717) is 29.3 Å². The molecule has 1 aliphatic carbocycles. The van der Waals surface area contributed by atoms with Crippen LogP contribution in [0.3, 0.4) is 0 Å². The molecule has 0 amide bonds. The van der Waals surface area contributed by atoms with Crippen LogP contribution >= 0.6 is 0 Å². The minimum atomic E-state index is -4.80. The van der Waals surface area contributed by atoms with Crippen LogP contribution in [0.4, 0.5) is 26.3 Å². The van der Waals surface area contributed by atoms with Crippen molar-refractivity contribution >= 4 is 11.6 Å². The molecule has 0 spiro atoms. The summed E-state index contributed by atoms with van der Waals surface area (Å²) in [5, 5.41) is 14.7. The van der Waals surface area contributed by atoms with Gasteiger partial charge in [-0.1, -0.05) is 12.1 Å². The van der Waals surface area contributed by atoms with Gasteiger partial charge >= 0.3 is 6.18 Å². The lowest BCUT2D eigenvalue weighted by Gasteiger charge is -2.30. The number of hydrogen-bond acceptors (Lipinski definition) is 5. The molecule has 45 heavy (non-hydrogen) atoms. The van der Waals surface area contributed by atoms with Crippen LogP contribution in [0, 0.1) is 17.5 Å². The molecule has 12 heteroatoms. The second kappa shape index (κ2) is 12.2. The maximum Gasteiger partial charge on any atom is 0.435 e. The van der Waals surface area contributed by atoms with E-state index >= 15 is 0 Å². The third-order valence-corrected chi connectivity index (χ3v) is 8.01. The van der Waals surface area contributed by atoms with Gasteiger partial charge in [-0.2, -0.15) is 18.3 Å². The molecule has 2 atom stereocenters. The van der Waals surface area contributed by atoms with Crippen LogP contribution < -0.4 is 0 Å². The lowest BCUT2D eigenvalue weighted by Crippen LogP contribution is -2.31. The molecule has 0 bridgehead atoms. The van der Waals surface area contributed by atoms with E-state index in [1.165, 1.54) is 32.2 Å². The van der Waals surface area contributed by atoms with E-state index in [9.17, 15) is 41.0 Å². The SMILES string of the molecule is CC(=O)c1cc(-c2cccnc2[C@@H](CC(=O)Cn2nc(C(F)(F)F)c3c2C(C)(O)CCC3)Cc2cc(F)cc(F)c2)ccc1F. The third-order valence-electron chi connectivity index (χ3n) is 8.01. The Kier molecular flexibility index (Phi) is 8.72. The first-order valence-corrected chi connectivity index (χ1v) is 14.3. The number of Topliss-reactive ketones (excluding diaryl/α,β-unsaturated/α-hetero) is 2. The highest BCUT2D eigenvalue weighted by Gasteiger charge is 2.44. The lowest BCUT2D eigenvalue weighted by atomic mass is 9.83. The van der Waals surface area contributed by atoms with Crippen molar-refractivity contribution in [3.05, 3.63) is 106 Å². The Morgan fingerprint density at radius 3 is 2.44 bits per heavy atom. The first-order chi connectivity index (χ1) is 21.1. The molecule has 0 saturated heterocycles. The predicted octanol–water partition coefficient (Wildman–Crippen LogP) is 7.11. The summed E-state index contributed by atoms with van der Waals surface area (Å²) in [5.74, 6) is -4.35. The number of nitrogens with zero attached hydrogens (tertiary/aromatic N) is 3. The Morgan fingerprint density at radius 2 is 1.78 bits per heavy atom. The van der Waals surface area contributed by atoms with E-state index in [1.807, 2.05) is 0 Å². The van der Waals surface area contributed by atoms with Crippen molar-refractivity contribution in [2.45, 2.75) is 70.2 Å². The maximum absolute atomic E-state index is 14.3. The molecule has 0 aliphatic heterocycles. The molecule has 236 valence electrons. The number of carbonyl (C=O) groups is 2. The van der Waals surface area contributed by atoms with Crippen molar-refractivity contribution in [2.75, 3.05) is 0 Å². The van der Waals surface area contributed by atoms with Crippen LogP contribution in [0.1, 0.15) is 77.6 Å². The first kappa shape index (κ1) is 32.1. The predicted molar refractivity (Wildman–Crippen MR) is 152 cm³/mol. The summed E-state index contributed by atoms with van der Waals surface area (Å²) in [7, 11) is 0. The largest absolute Gasteiger partial charge is 0.435 e. The molecular formula is C33H29F6N3O3. The Balaban J connectivity index is 1.55. The van der Waals surface area contributed by atoms with E-state index in [-0.39, 0.29) is 48.1 Å². The zero-order chi connectivity index (χ0) is 32.7. The summed E-state index contributed by atoms with van der Waals surface area (Å²) in [6, 6.07) is 10.0. The Hall–Kier alpha value is -4.32. The standard InChI is InChI=1S/C33H29F6N3O3/c1-18(43)27-15-20(7-8-28(27)36)25-6-4-10-40-29(25)21(11-19-12-22(34)16-23(35)13-19)14-24(44)17-42-31-26(5-3-9-32(31,2)45)30(41-42)33(37,38)39/h4,6-8,10,12-13,15-16,21,45H,3,5,9,11,14,17H2,1-2H3/t21-,32?/m1/s1. The fraction of sp³-hybridized carbons (Fsp3) is 0.333. The van der Waals surface area contributed by atoms with Crippen molar-refractivity contribution in [3.8, 4) is 11.1 Å². The van der Waals surface area contributed by atoms with Gasteiger partial charge in [-0.05, 0) is 81.0 Å². The molecular weight excluding hydrogens is 600 g/mol. The molecule has 2 heterocycles. The Morgan fingerprint density at radius 1 is 1.07 bits per heavy atom. The first-order valence-electron chi connectivity index (χ1n) is 14.3. The minimum absolute atomic E-state index is 0.0412. The minimum Gasteiger partial charge on any atom is -0.384 e. The van der Waals surface area contributed by atoms with Gasteiger partial charge in [0.15, 0.2) is 17.3 Å². The number of pyridine rings is 1. The fourth-order valence-electron chi connectivity index (χ4n) is 6.14. The van der Waals surface area contributed by atoms with Crippen LogP contribution in [0.15, 0.2) is 54.7 Å². The topological polar surface area (TPSA) is 85.1 Å². The monoisotopic (exact) mass is 629 g/mol. The van der Waals surface area contributed by atoms with Crippen LogP contribution in [-0.4, -0.2) is 31.4 Å². The summed E-state index contributed by atoms with van der Waals surface area (Å²) in [6.45, 7) is 1.99. The highest BCUT2D eigenvalue weighted by atomic mass is 19.4. The van der Waals surface area contributed by atoms with E-state index in [4.69, 9.17) is 0 Å². The smallest absolute Gasteiger partial charge is 0.384 e. The van der Waals surface area contributed by atoms with Gasteiger partial charge in [0, 0.05) is 35.7 Å². The molecule has 2 aromatic carbocycles. The number of rotatable bonds is 9. The summed E-state index contributed by atoms with van der Waals surface area (Å²) >= 11 is 0. The van der Waals surface area contributed by atoms with E-state index < -0.39 is 59.0 Å². The highest BCUT2D eigenvalue weighted by Crippen LogP contribution is 2.42. The molecule has 4 aromatic rings. The normalized spacial score (nSPS) is 17.2. The van der Waals surface area contributed by atoms with Gasteiger partial charge in [0.2, 0.25) is 0 Å². The molecule has 1 aliphatic rings. The van der Waals surface area contributed by atoms with E-state index in [0.717, 1.165) is 22.9 Å². The van der Waals surface area contributed by atoms with Crippen LogP contribution in [-0.2, 0) is 36.0 Å². The highest BCUT2D eigenvalue weighted by molar-refractivity contribution is 5.95. The number of hydrogen-bond donors (Lipinski definition) is 1. The van der Waals surface area contributed by atoms with Gasteiger partial charge in [0.1, 0.15) is 23.1 Å². The van der Waals surface area contributed by atoms with Crippen LogP contribution in [0.5, 0.6) is 0 Å². The second-order valence-corrected chi connectivity index (χ2v) is 11.6. The molecule has 1 N–H and O–H groups in total. The van der Waals surface area contributed by atoms with E-state index in [1.54, 1.807) is 12.1 Å². The summed E-state index contributed by atoms with van der Waals surface area (Å²) in [4.78, 5) is 30.1. The molecule has 0 saturated carbocycles. The van der Waals surface area contributed by atoms with Crippen LogP contribution in [0.2, 0.25) is 0 Å². The number of benzene rings is 2. The van der Waals surface area contributed by atoms with Gasteiger partial charge < -0.3 is 5.11 Å². The number of aromatic nitrogens is 3. The average molecular weight is 630 g/mol. The van der Waals surface area contributed by atoms with Gasteiger partial charge in [-0.25, -0.2) is 13.2 Å². The molecule has 5 rings (SSSR count). The van der Waals surface area contributed by atoms with Gasteiger partial charge in [0.25, 0.3) is 0 Å². The van der Waals surface area contributed by atoms with Gasteiger partial charge in [0.05, 0.1) is 23.5 Å². The Bertz CT molecular complexity index is 1760. The molecule has 6 nitrogen and oxygen atoms in total. The Labute approximate surface area is 254 Å². The quantitative estimate of drug-likeness (QED) is 0.158. The molecule has 2 aromatic heterocycles. The number of carbonyl (C=O) groups excluding carboxylic acids is 2. The number of aliphatic hydroxyl groups is 1. The lowest BCUT2D eigenvalue weighted by molar-refractivity contribution is -0.142. The number of fused-ring (bicyclic) bond motifs is 1. The third kappa shape index (κ3) is 6.85. The maximum atomic E-state index is 14.3. The summed E-state index contributed by atoms with van der Waals surface area (Å²) in [5.41, 5.74) is -1.87. The van der Waals surface area contributed by atoms with Crippen molar-refractivity contribution in [2.24, 2.45) is 0 Å². The van der Waals surface area contributed by atoms with Crippen LogP contribution in [0.25, 0.3) is 11.1 Å². The van der Waals surface area contributed by atoms with Gasteiger partial charge in [-0.3, -0.25) is 19.3 Å². The van der Waals surface area contributed by atoms with Crippen molar-refractivity contribution in [1.82, 2.24) is 14.8 Å². The number of ketones is 2. The number of halogens is 6. The zero-order valence-corrected chi connectivity index (χ0v) is 24.4. The van der Waals surface area contributed by atoms with Gasteiger partial charge in [-0.15, -0.1) is 0 Å². The number of alkyl halides is 3. The molecule has 0 radical (unpaired) electrons.